The Morgan fingerprint density at radius 2 is 1.79 bits per heavy atom. The quantitative estimate of drug-likeness (QED) is 0.542. The number of carbonyl (C=O) groups excluding carboxylic acids is 3. The van der Waals surface area contributed by atoms with E-state index in [1.165, 1.54) is 0 Å². The molecule has 0 saturated carbocycles. The molecule has 0 radical (unpaired) electrons. The Labute approximate surface area is 192 Å². The average molecular weight is 449 g/mol. The van der Waals surface area contributed by atoms with E-state index in [2.05, 4.69) is 27.7 Å². The molecule has 2 aromatic carbocycles. The van der Waals surface area contributed by atoms with Crippen molar-refractivity contribution < 1.29 is 19.5 Å². The first-order chi connectivity index (χ1) is 15.9. The molecule has 33 heavy (non-hydrogen) atoms. The fraction of sp³-hybridized carbons (Fsp3) is 0.400. The molecule has 3 heterocycles. The Hall–Kier alpha value is -3.07. The van der Waals surface area contributed by atoms with Gasteiger partial charge in [0.15, 0.2) is 0 Å². The molecule has 1 atom stereocenters. The van der Waals surface area contributed by atoms with Crippen LogP contribution in [0.4, 0.5) is 0 Å². The van der Waals surface area contributed by atoms with Crippen LogP contribution in [0.1, 0.15) is 39.9 Å². The van der Waals surface area contributed by atoms with Crippen LogP contribution < -0.4 is 10.6 Å². The largest absolute Gasteiger partial charge is 0.386 e. The van der Waals surface area contributed by atoms with Crippen LogP contribution >= 0.6 is 0 Å². The molecular weight excluding hydrogens is 420 g/mol. The molecular formula is C25H28N4O4. The molecule has 8 nitrogen and oxygen atoms in total. The lowest BCUT2D eigenvalue weighted by molar-refractivity contribution is -0.136. The zero-order chi connectivity index (χ0) is 23.0. The summed E-state index contributed by atoms with van der Waals surface area (Å²) in [7, 11) is 0. The second-order valence-corrected chi connectivity index (χ2v) is 9.35. The lowest BCUT2D eigenvalue weighted by atomic mass is 9.95. The first-order valence-electron chi connectivity index (χ1n) is 11.4. The van der Waals surface area contributed by atoms with E-state index in [4.69, 9.17) is 0 Å². The molecule has 3 aliphatic heterocycles. The first kappa shape index (κ1) is 21.8. The molecule has 0 aromatic heterocycles. The van der Waals surface area contributed by atoms with Crippen molar-refractivity contribution in [3.8, 4) is 0 Å². The number of rotatable bonds is 7. The highest BCUT2D eigenvalue weighted by atomic mass is 16.3. The van der Waals surface area contributed by atoms with E-state index in [0.29, 0.717) is 51.3 Å². The summed E-state index contributed by atoms with van der Waals surface area (Å²) in [5, 5.41) is 16.2. The third-order valence-electron chi connectivity index (χ3n) is 6.67. The summed E-state index contributed by atoms with van der Waals surface area (Å²) in [6.45, 7) is 3.33. The molecule has 5 rings (SSSR count). The number of carbonyl (C=O) groups is 3. The molecule has 2 aromatic rings. The molecule has 0 spiro atoms. The van der Waals surface area contributed by atoms with Gasteiger partial charge < -0.3 is 15.3 Å². The maximum atomic E-state index is 13.1. The van der Waals surface area contributed by atoms with Gasteiger partial charge >= 0.3 is 0 Å². The Kier molecular flexibility index (Phi) is 5.74. The molecule has 8 heteroatoms. The number of β-amino-alcohol motifs (C(OH)–C–C–N with tert-alkyl or cyclic N) is 1. The van der Waals surface area contributed by atoms with Gasteiger partial charge in [-0.3, -0.25) is 24.6 Å². The molecule has 1 unspecified atom stereocenters. The van der Waals surface area contributed by atoms with E-state index in [1.54, 1.807) is 4.90 Å². The minimum Gasteiger partial charge on any atom is -0.386 e. The molecule has 172 valence electrons. The zero-order valence-electron chi connectivity index (χ0n) is 18.4. The van der Waals surface area contributed by atoms with E-state index in [9.17, 15) is 19.5 Å². The summed E-state index contributed by atoms with van der Waals surface area (Å²) >= 11 is 0. The van der Waals surface area contributed by atoms with E-state index < -0.39 is 17.6 Å². The molecule has 0 bridgehead atoms. The number of imide groups is 1. The van der Waals surface area contributed by atoms with Gasteiger partial charge in [0, 0.05) is 51.3 Å². The maximum Gasteiger partial charge on any atom is 0.255 e. The van der Waals surface area contributed by atoms with Crippen molar-refractivity contribution in [1.82, 2.24) is 20.4 Å². The second-order valence-electron chi connectivity index (χ2n) is 9.35. The predicted octanol–water partition coefficient (Wildman–Crippen LogP) is 0.784. The van der Waals surface area contributed by atoms with Crippen molar-refractivity contribution in [2.45, 2.75) is 44.1 Å². The monoisotopic (exact) mass is 448 g/mol. The van der Waals surface area contributed by atoms with Gasteiger partial charge in [0.05, 0.1) is 0 Å². The van der Waals surface area contributed by atoms with Gasteiger partial charge in [0.1, 0.15) is 11.6 Å². The number of fused-ring (bicyclic) bond motifs is 1. The minimum atomic E-state index is -0.746. The van der Waals surface area contributed by atoms with Crippen LogP contribution in [0.15, 0.2) is 48.5 Å². The standard InChI is InChI=1S/C25H28N4O4/c30-22-9-8-21(23(31)27-22)29-13-19-7-6-18(10-20(19)24(29)32)12-28(16-25(33)14-26-15-25)11-17-4-2-1-3-5-17/h1-7,10,21,26,33H,8-9,11-16H2,(H,27,30,31). The topological polar surface area (TPSA) is 102 Å². The van der Waals surface area contributed by atoms with Crippen molar-refractivity contribution in [2.75, 3.05) is 19.6 Å². The average Bonchev–Trinajstić information content (AvgIpc) is 3.09. The first-order valence-corrected chi connectivity index (χ1v) is 11.4. The van der Waals surface area contributed by atoms with Gasteiger partial charge in [0.25, 0.3) is 5.91 Å². The Morgan fingerprint density at radius 3 is 2.48 bits per heavy atom. The van der Waals surface area contributed by atoms with Crippen LogP contribution in [0.2, 0.25) is 0 Å². The van der Waals surface area contributed by atoms with E-state index in [1.807, 2.05) is 36.4 Å². The number of piperidine rings is 1. The number of aliphatic hydroxyl groups is 1. The van der Waals surface area contributed by atoms with Crippen molar-refractivity contribution in [3.63, 3.8) is 0 Å². The van der Waals surface area contributed by atoms with Gasteiger partial charge in [-0.2, -0.15) is 0 Å². The predicted molar refractivity (Wildman–Crippen MR) is 121 cm³/mol. The number of amides is 3. The van der Waals surface area contributed by atoms with Gasteiger partial charge in [-0.1, -0.05) is 42.5 Å². The van der Waals surface area contributed by atoms with E-state index in [0.717, 1.165) is 16.7 Å². The van der Waals surface area contributed by atoms with Gasteiger partial charge in [0.2, 0.25) is 11.8 Å². The third-order valence-corrected chi connectivity index (χ3v) is 6.67. The fourth-order valence-corrected chi connectivity index (χ4v) is 4.91. The highest BCUT2D eigenvalue weighted by molar-refractivity contribution is 6.05. The Bertz CT molecular complexity index is 1080. The Morgan fingerprint density at radius 1 is 1.03 bits per heavy atom. The number of hydrogen-bond acceptors (Lipinski definition) is 6. The number of nitrogens with one attached hydrogen (secondary N) is 2. The molecule has 3 amide bonds. The van der Waals surface area contributed by atoms with E-state index in [-0.39, 0.29) is 18.2 Å². The highest BCUT2D eigenvalue weighted by Gasteiger charge is 2.39. The summed E-state index contributed by atoms with van der Waals surface area (Å²) < 4.78 is 0. The summed E-state index contributed by atoms with van der Waals surface area (Å²) in [5.74, 6) is -0.855. The van der Waals surface area contributed by atoms with E-state index >= 15 is 0 Å². The molecule has 0 aliphatic carbocycles. The van der Waals surface area contributed by atoms with Crippen molar-refractivity contribution in [2.24, 2.45) is 0 Å². The normalized spacial score (nSPS) is 21.7. The lowest BCUT2D eigenvalue weighted by Crippen LogP contribution is -2.64. The highest BCUT2D eigenvalue weighted by Crippen LogP contribution is 2.29. The fourth-order valence-electron chi connectivity index (χ4n) is 4.91. The summed E-state index contributed by atoms with van der Waals surface area (Å²) in [6, 6.07) is 15.4. The van der Waals surface area contributed by atoms with Crippen LogP contribution in [-0.2, 0) is 29.2 Å². The molecule has 2 fully saturated rings. The summed E-state index contributed by atoms with van der Waals surface area (Å²) in [4.78, 5) is 40.7. The third kappa shape index (κ3) is 4.55. The SMILES string of the molecule is O=C1CCC(N2Cc3ccc(CN(Cc4ccccc4)CC4(O)CNC4)cc3C2=O)C(=O)N1. The summed E-state index contributed by atoms with van der Waals surface area (Å²) in [5.41, 5.74) is 2.91. The van der Waals surface area contributed by atoms with Crippen LogP contribution in [0.25, 0.3) is 0 Å². The van der Waals surface area contributed by atoms with Crippen molar-refractivity contribution in [3.05, 3.63) is 70.8 Å². The lowest BCUT2D eigenvalue weighted by Gasteiger charge is -2.41. The zero-order valence-corrected chi connectivity index (χ0v) is 18.4. The number of nitrogens with zero attached hydrogens (tertiary/aromatic N) is 2. The van der Waals surface area contributed by atoms with Crippen molar-refractivity contribution in [1.29, 1.82) is 0 Å². The summed E-state index contributed by atoms with van der Waals surface area (Å²) in [6.07, 6.45) is 0.600. The maximum absolute atomic E-state index is 13.1. The second kappa shape index (κ2) is 8.70. The molecule has 2 saturated heterocycles. The van der Waals surface area contributed by atoms with Crippen LogP contribution in [-0.4, -0.2) is 63.9 Å². The van der Waals surface area contributed by atoms with Gasteiger partial charge in [-0.05, 0) is 29.2 Å². The Balaban J connectivity index is 1.33. The number of hydrogen-bond donors (Lipinski definition) is 3. The number of benzene rings is 2. The van der Waals surface area contributed by atoms with Crippen molar-refractivity contribution >= 4 is 17.7 Å². The van der Waals surface area contributed by atoms with Crippen LogP contribution in [0.5, 0.6) is 0 Å². The molecule has 3 N–H and O–H groups in total. The van der Waals surface area contributed by atoms with Crippen LogP contribution in [0, 0.1) is 0 Å². The minimum absolute atomic E-state index is 0.169. The van der Waals surface area contributed by atoms with Gasteiger partial charge in [-0.15, -0.1) is 0 Å². The smallest absolute Gasteiger partial charge is 0.255 e. The van der Waals surface area contributed by atoms with Gasteiger partial charge in [-0.25, -0.2) is 0 Å². The molecule has 3 aliphatic rings. The van der Waals surface area contributed by atoms with Crippen LogP contribution in [0.3, 0.4) is 0 Å².